The number of carbonyl (C=O) groups is 1. The predicted octanol–water partition coefficient (Wildman–Crippen LogP) is 2.88. The van der Waals surface area contributed by atoms with Crippen LogP contribution in [0.2, 0.25) is 0 Å². The molecule has 0 atom stereocenters. The van der Waals surface area contributed by atoms with Gasteiger partial charge in [0, 0.05) is 30.9 Å². The number of nitrogens with one attached hydrogen (secondary N) is 1. The van der Waals surface area contributed by atoms with Crippen molar-refractivity contribution < 1.29 is 9.21 Å². The molecule has 0 saturated carbocycles. The van der Waals surface area contributed by atoms with Crippen LogP contribution in [0.25, 0.3) is 22.1 Å². The van der Waals surface area contributed by atoms with Gasteiger partial charge in [-0.25, -0.2) is 9.78 Å². The number of piperidine rings is 1. The molecule has 1 aromatic carbocycles. The number of oxazole rings is 1. The number of fused-ring (bicyclic) bond motifs is 2. The molecule has 4 aromatic rings. The molecule has 7 nitrogen and oxygen atoms in total. The number of benzene rings is 1. The average molecular weight is 376 g/mol. The Labute approximate surface area is 160 Å². The topological polar surface area (TPSA) is 84.1 Å². The number of pyridine rings is 1. The summed E-state index contributed by atoms with van der Waals surface area (Å²) in [7, 11) is 0. The van der Waals surface area contributed by atoms with Gasteiger partial charge in [-0.15, -0.1) is 0 Å². The molecule has 1 fully saturated rings. The first-order valence-corrected chi connectivity index (χ1v) is 9.49. The van der Waals surface area contributed by atoms with E-state index in [4.69, 9.17) is 4.42 Å². The first-order chi connectivity index (χ1) is 13.7. The zero-order chi connectivity index (χ0) is 19.1. The molecule has 0 unspecified atom stereocenters. The van der Waals surface area contributed by atoms with Gasteiger partial charge in [0.2, 0.25) is 5.91 Å². The van der Waals surface area contributed by atoms with Crippen molar-refractivity contribution in [2.45, 2.75) is 25.3 Å². The summed E-state index contributed by atoms with van der Waals surface area (Å²) in [6.07, 6.45) is 5.62. The van der Waals surface area contributed by atoms with Crippen molar-refractivity contribution in [3.05, 3.63) is 64.9 Å². The highest BCUT2D eigenvalue weighted by molar-refractivity contribution is 5.81. The summed E-state index contributed by atoms with van der Waals surface area (Å²) in [5.74, 6) is -0.136. The van der Waals surface area contributed by atoms with Gasteiger partial charge in [0.1, 0.15) is 12.2 Å². The van der Waals surface area contributed by atoms with Crippen molar-refractivity contribution in [3.8, 4) is 0 Å². The molecule has 1 amide bonds. The molecule has 0 spiro atoms. The lowest BCUT2D eigenvalue weighted by atomic mass is 9.89. The minimum atomic E-state index is -0.490. The van der Waals surface area contributed by atoms with E-state index in [1.165, 1.54) is 10.1 Å². The summed E-state index contributed by atoms with van der Waals surface area (Å²) in [5, 5.41) is 1.16. The maximum Gasteiger partial charge on any atom is 0.420 e. The van der Waals surface area contributed by atoms with Crippen molar-refractivity contribution in [1.82, 2.24) is 19.4 Å². The number of H-pyrrole nitrogens is 1. The van der Waals surface area contributed by atoms with E-state index in [1.807, 2.05) is 29.3 Å². The van der Waals surface area contributed by atoms with Gasteiger partial charge < -0.3 is 14.3 Å². The molecule has 0 aliphatic carbocycles. The minimum absolute atomic E-state index is 0.0114. The maximum atomic E-state index is 12.8. The largest absolute Gasteiger partial charge is 0.420 e. The maximum absolute atomic E-state index is 12.8. The van der Waals surface area contributed by atoms with Crippen LogP contribution in [0.15, 0.2) is 58.0 Å². The van der Waals surface area contributed by atoms with E-state index in [1.54, 1.807) is 18.3 Å². The van der Waals surface area contributed by atoms with Crippen molar-refractivity contribution in [1.29, 1.82) is 0 Å². The van der Waals surface area contributed by atoms with Gasteiger partial charge in [0.05, 0.1) is 5.52 Å². The molecular weight excluding hydrogens is 356 g/mol. The standard InChI is InChI=1S/C21H20N4O3/c26-19(13-25-17-5-1-2-6-18(17)28-21(25)27)24-10-7-14(8-11-24)16-12-23-20-15(16)4-3-9-22-20/h1-6,9,12,14H,7-8,10-11,13H2,(H,22,23). The van der Waals surface area contributed by atoms with Crippen LogP contribution in [0.4, 0.5) is 0 Å². The van der Waals surface area contributed by atoms with Crippen LogP contribution in [-0.4, -0.2) is 38.4 Å². The van der Waals surface area contributed by atoms with Gasteiger partial charge in [-0.05, 0) is 48.6 Å². The van der Waals surface area contributed by atoms with Crippen LogP contribution in [0, 0.1) is 0 Å². The number of hydrogen-bond acceptors (Lipinski definition) is 4. The Kier molecular flexibility index (Phi) is 4.00. The third-order valence-corrected chi connectivity index (χ3v) is 5.64. The number of para-hydroxylation sites is 2. The number of hydrogen-bond donors (Lipinski definition) is 1. The normalized spacial score (nSPS) is 15.5. The highest BCUT2D eigenvalue weighted by Crippen LogP contribution is 2.32. The SMILES string of the molecule is O=C(Cn1c(=O)oc2ccccc21)N1CCC(c2c[nH]c3ncccc23)CC1. The number of aromatic amines is 1. The summed E-state index contributed by atoms with van der Waals surface area (Å²) in [5.41, 5.74) is 3.34. The van der Waals surface area contributed by atoms with E-state index >= 15 is 0 Å². The monoisotopic (exact) mass is 376 g/mol. The van der Waals surface area contributed by atoms with Gasteiger partial charge in [-0.1, -0.05) is 12.1 Å². The number of aromatic nitrogens is 3. The summed E-state index contributed by atoms with van der Waals surface area (Å²) >= 11 is 0. The minimum Gasteiger partial charge on any atom is -0.408 e. The molecule has 0 radical (unpaired) electrons. The van der Waals surface area contributed by atoms with E-state index in [0.717, 1.165) is 23.9 Å². The second-order valence-corrected chi connectivity index (χ2v) is 7.22. The van der Waals surface area contributed by atoms with Crippen LogP contribution in [0.5, 0.6) is 0 Å². The fourth-order valence-corrected chi connectivity index (χ4v) is 4.15. The third kappa shape index (κ3) is 2.79. The molecule has 4 heterocycles. The van der Waals surface area contributed by atoms with Gasteiger partial charge in [0.15, 0.2) is 5.58 Å². The number of rotatable bonds is 3. The molecule has 142 valence electrons. The smallest absolute Gasteiger partial charge is 0.408 e. The lowest BCUT2D eigenvalue weighted by molar-refractivity contribution is -0.132. The Morgan fingerprint density at radius 2 is 2.00 bits per heavy atom. The number of amides is 1. The molecule has 0 bridgehead atoms. The van der Waals surface area contributed by atoms with E-state index in [2.05, 4.69) is 16.0 Å². The zero-order valence-electron chi connectivity index (χ0n) is 15.3. The Balaban J connectivity index is 1.29. The number of likely N-dealkylation sites (tertiary alicyclic amines) is 1. The number of carbonyl (C=O) groups excluding carboxylic acids is 1. The first kappa shape index (κ1) is 16.8. The van der Waals surface area contributed by atoms with Crippen molar-refractivity contribution in [3.63, 3.8) is 0 Å². The Bertz CT molecular complexity index is 1210. The van der Waals surface area contributed by atoms with E-state index < -0.39 is 5.76 Å². The van der Waals surface area contributed by atoms with Gasteiger partial charge in [-0.2, -0.15) is 0 Å². The molecule has 3 aromatic heterocycles. The summed E-state index contributed by atoms with van der Waals surface area (Å²) in [4.78, 5) is 34.3. The lowest BCUT2D eigenvalue weighted by Crippen LogP contribution is -2.40. The fraction of sp³-hybridized carbons (Fsp3) is 0.286. The van der Waals surface area contributed by atoms with Crippen LogP contribution in [0.3, 0.4) is 0 Å². The van der Waals surface area contributed by atoms with E-state index in [-0.39, 0.29) is 12.5 Å². The Hall–Kier alpha value is -3.35. The molecule has 7 heteroatoms. The van der Waals surface area contributed by atoms with Crippen molar-refractivity contribution in [2.24, 2.45) is 0 Å². The molecule has 1 aliphatic rings. The van der Waals surface area contributed by atoms with Crippen LogP contribution in [-0.2, 0) is 11.3 Å². The molecule has 28 heavy (non-hydrogen) atoms. The van der Waals surface area contributed by atoms with Gasteiger partial charge in [-0.3, -0.25) is 9.36 Å². The number of nitrogens with zero attached hydrogens (tertiary/aromatic N) is 3. The first-order valence-electron chi connectivity index (χ1n) is 9.49. The molecule has 1 N–H and O–H groups in total. The average Bonchev–Trinajstić information content (AvgIpc) is 3.29. The third-order valence-electron chi connectivity index (χ3n) is 5.64. The Morgan fingerprint density at radius 1 is 1.18 bits per heavy atom. The molecule has 5 rings (SSSR count). The second-order valence-electron chi connectivity index (χ2n) is 7.22. The van der Waals surface area contributed by atoms with Crippen molar-refractivity contribution in [2.75, 3.05) is 13.1 Å². The molecular formula is C21H20N4O3. The highest BCUT2D eigenvalue weighted by Gasteiger charge is 2.26. The van der Waals surface area contributed by atoms with E-state index in [9.17, 15) is 9.59 Å². The van der Waals surface area contributed by atoms with Crippen LogP contribution < -0.4 is 5.76 Å². The van der Waals surface area contributed by atoms with Gasteiger partial charge >= 0.3 is 5.76 Å². The Morgan fingerprint density at radius 3 is 2.86 bits per heavy atom. The quantitative estimate of drug-likeness (QED) is 0.596. The summed E-state index contributed by atoms with van der Waals surface area (Å²) in [6.45, 7) is 1.37. The summed E-state index contributed by atoms with van der Waals surface area (Å²) < 4.78 is 6.63. The lowest BCUT2D eigenvalue weighted by Gasteiger charge is -2.32. The molecule has 1 saturated heterocycles. The van der Waals surface area contributed by atoms with Crippen molar-refractivity contribution >= 4 is 28.0 Å². The highest BCUT2D eigenvalue weighted by atomic mass is 16.4. The second kappa shape index (κ2) is 6.67. The van der Waals surface area contributed by atoms with E-state index in [0.29, 0.717) is 30.1 Å². The predicted molar refractivity (Wildman–Crippen MR) is 105 cm³/mol. The zero-order valence-corrected chi connectivity index (χ0v) is 15.3. The fourth-order valence-electron chi connectivity index (χ4n) is 4.15. The van der Waals surface area contributed by atoms with Crippen LogP contribution in [0.1, 0.15) is 24.3 Å². The van der Waals surface area contributed by atoms with Crippen LogP contribution >= 0.6 is 0 Å². The summed E-state index contributed by atoms with van der Waals surface area (Å²) in [6, 6.07) is 11.2. The molecule has 1 aliphatic heterocycles. The van der Waals surface area contributed by atoms with Gasteiger partial charge in [0.25, 0.3) is 0 Å².